The van der Waals surface area contributed by atoms with Crippen LogP contribution in [0.4, 0.5) is 11.4 Å². The molecule has 1 aromatic rings. The van der Waals surface area contributed by atoms with E-state index < -0.39 is 22.8 Å². The molecule has 2 N–H and O–H groups in total. The molecule has 1 aliphatic rings. The molecule has 0 aromatic heterocycles. The van der Waals surface area contributed by atoms with E-state index in [4.69, 9.17) is 4.74 Å². The van der Waals surface area contributed by atoms with Gasteiger partial charge in [-0.2, -0.15) is 0 Å². The number of nitrogens with one attached hydrogen (secondary N) is 2. The first kappa shape index (κ1) is 18.8. The smallest absolute Gasteiger partial charge is 0.338 e. The van der Waals surface area contributed by atoms with Gasteiger partial charge >= 0.3 is 5.97 Å². The summed E-state index contributed by atoms with van der Waals surface area (Å²) in [5.74, 6) is -1.12. The molecule has 1 unspecified atom stereocenters. The van der Waals surface area contributed by atoms with Gasteiger partial charge in [0.1, 0.15) is 6.04 Å². The molecule has 0 radical (unpaired) electrons. The van der Waals surface area contributed by atoms with E-state index in [0.29, 0.717) is 13.2 Å². The summed E-state index contributed by atoms with van der Waals surface area (Å²) in [7, 11) is 1.17. The minimum Gasteiger partial charge on any atom is -0.465 e. The first-order chi connectivity index (χ1) is 10.5. The van der Waals surface area contributed by atoms with E-state index in [0.717, 1.165) is 6.07 Å². The molecule has 1 aromatic carbocycles. The molecular weight excluding hydrogens is 330 g/mol. The van der Waals surface area contributed by atoms with Crippen LogP contribution in [0.1, 0.15) is 10.4 Å². The van der Waals surface area contributed by atoms with E-state index >= 15 is 0 Å². The number of nitro groups is 1. The van der Waals surface area contributed by atoms with Crippen molar-refractivity contribution in [3.63, 3.8) is 0 Å². The van der Waals surface area contributed by atoms with Crippen molar-refractivity contribution in [2.24, 2.45) is 0 Å². The molecule has 1 heterocycles. The van der Waals surface area contributed by atoms with Gasteiger partial charge in [-0.05, 0) is 6.07 Å². The third-order valence-corrected chi connectivity index (χ3v) is 3.06. The number of nitrogens with zero attached hydrogens (tertiary/aromatic N) is 1. The van der Waals surface area contributed by atoms with Crippen molar-refractivity contribution in [3.8, 4) is 0 Å². The molecule has 0 bridgehead atoms. The van der Waals surface area contributed by atoms with Gasteiger partial charge in [-0.25, -0.2) is 4.79 Å². The molecule has 10 heteroatoms. The summed E-state index contributed by atoms with van der Waals surface area (Å²) >= 11 is 0. The number of carbonyl (C=O) groups is 2. The van der Waals surface area contributed by atoms with Gasteiger partial charge in [-0.15, -0.1) is 12.4 Å². The number of rotatable bonds is 4. The first-order valence-corrected chi connectivity index (χ1v) is 6.51. The van der Waals surface area contributed by atoms with Crippen molar-refractivity contribution in [1.82, 2.24) is 5.32 Å². The normalized spacial score (nSPS) is 16.8. The molecule has 2 rings (SSSR count). The van der Waals surface area contributed by atoms with Crippen molar-refractivity contribution < 1.29 is 24.0 Å². The van der Waals surface area contributed by atoms with Gasteiger partial charge < -0.3 is 20.1 Å². The minimum atomic E-state index is -0.724. The standard InChI is InChI=1S/C13H15N3O6.ClH/c1-21-13(18)8-4-9(6-10(5-8)16(19)20)15-12(17)11-7-22-3-2-14-11;/h4-6,11,14H,2-3,7H2,1H3,(H,15,17);1H. The number of amides is 1. The maximum Gasteiger partial charge on any atom is 0.338 e. The second-order valence-electron chi connectivity index (χ2n) is 4.59. The van der Waals surface area contributed by atoms with Gasteiger partial charge in [0, 0.05) is 24.4 Å². The highest BCUT2D eigenvalue weighted by molar-refractivity contribution is 5.97. The van der Waals surface area contributed by atoms with Crippen LogP contribution in [0.25, 0.3) is 0 Å². The number of ether oxygens (including phenoxy) is 2. The van der Waals surface area contributed by atoms with E-state index in [1.165, 1.54) is 19.2 Å². The quantitative estimate of drug-likeness (QED) is 0.469. The summed E-state index contributed by atoms with van der Waals surface area (Å²) in [4.78, 5) is 33.9. The number of hydrogen-bond donors (Lipinski definition) is 2. The summed E-state index contributed by atoms with van der Waals surface area (Å²) in [6, 6.07) is 3.03. The Hall–Kier alpha value is -2.23. The van der Waals surface area contributed by atoms with Crippen LogP contribution < -0.4 is 10.6 Å². The number of benzene rings is 1. The third-order valence-electron chi connectivity index (χ3n) is 3.06. The average Bonchev–Trinajstić information content (AvgIpc) is 2.54. The van der Waals surface area contributed by atoms with Crippen LogP contribution in [0.3, 0.4) is 0 Å². The fourth-order valence-corrected chi connectivity index (χ4v) is 1.99. The summed E-state index contributed by atoms with van der Waals surface area (Å²) in [5, 5.41) is 16.4. The fraction of sp³-hybridized carbons (Fsp3) is 0.385. The molecule has 0 saturated carbocycles. The number of methoxy groups -OCH3 is 1. The molecule has 0 spiro atoms. The van der Waals surface area contributed by atoms with Crippen LogP contribution in [0.15, 0.2) is 18.2 Å². The SMILES string of the molecule is COC(=O)c1cc(NC(=O)C2COCCN2)cc([N+](=O)[O-])c1.Cl. The number of anilines is 1. The second-order valence-corrected chi connectivity index (χ2v) is 4.59. The van der Waals surface area contributed by atoms with Crippen LogP contribution in [-0.2, 0) is 14.3 Å². The van der Waals surface area contributed by atoms with E-state index in [9.17, 15) is 19.7 Å². The van der Waals surface area contributed by atoms with Gasteiger partial charge in [-0.1, -0.05) is 0 Å². The topological polar surface area (TPSA) is 120 Å². The molecule has 0 aliphatic carbocycles. The Morgan fingerprint density at radius 2 is 2.17 bits per heavy atom. The molecule has 1 atom stereocenters. The van der Waals surface area contributed by atoms with Crippen LogP contribution in [0.5, 0.6) is 0 Å². The molecule has 1 saturated heterocycles. The number of carbonyl (C=O) groups excluding carboxylic acids is 2. The number of nitro benzene ring substituents is 1. The molecule has 1 amide bonds. The van der Waals surface area contributed by atoms with E-state index in [1.807, 2.05) is 0 Å². The summed E-state index contributed by atoms with van der Waals surface area (Å²) in [6.45, 7) is 1.28. The molecule has 1 aliphatic heterocycles. The van der Waals surface area contributed by atoms with Crippen LogP contribution in [-0.4, -0.2) is 49.7 Å². The monoisotopic (exact) mass is 345 g/mol. The van der Waals surface area contributed by atoms with Crippen molar-refractivity contribution >= 4 is 35.7 Å². The number of morpholine rings is 1. The van der Waals surface area contributed by atoms with Gasteiger partial charge in [0.05, 0.1) is 30.8 Å². The minimum absolute atomic E-state index is 0. The van der Waals surface area contributed by atoms with Crippen LogP contribution >= 0.6 is 12.4 Å². The summed E-state index contributed by atoms with van der Waals surface area (Å²) < 4.78 is 9.72. The zero-order chi connectivity index (χ0) is 16.1. The number of esters is 1. The highest BCUT2D eigenvalue weighted by Crippen LogP contribution is 2.22. The predicted octanol–water partition coefficient (Wildman–Crippen LogP) is 0.730. The Kier molecular flexibility index (Phi) is 6.89. The maximum absolute atomic E-state index is 12.1. The van der Waals surface area contributed by atoms with Crippen LogP contribution in [0, 0.1) is 10.1 Å². The van der Waals surface area contributed by atoms with Crippen molar-refractivity contribution in [3.05, 3.63) is 33.9 Å². The Labute approximate surface area is 137 Å². The Morgan fingerprint density at radius 1 is 1.43 bits per heavy atom. The third kappa shape index (κ3) is 4.88. The van der Waals surface area contributed by atoms with Crippen molar-refractivity contribution in [2.75, 3.05) is 32.2 Å². The molecule has 9 nitrogen and oxygen atoms in total. The number of non-ortho nitro benzene ring substituents is 1. The zero-order valence-electron chi connectivity index (χ0n) is 12.2. The highest BCUT2D eigenvalue weighted by Gasteiger charge is 2.22. The lowest BCUT2D eigenvalue weighted by Crippen LogP contribution is -2.48. The largest absolute Gasteiger partial charge is 0.465 e. The van der Waals surface area contributed by atoms with Gasteiger partial charge in [0.2, 0.25) is 5.91 Å². The van der Waals surface area contributed by atoms with Gasteiger partial charge in [-0.3, -0.25) is 14.9 Å². The Bertz CT molecular complexity index is 603. The molecule has 1 fully saturated rings. The number of halogens is 1. The summed E-state index contributed by atoms with van der Waals surface area (Å²) in [6.07, 6.45) is 0. The first-order valence-electron chi connectivity index (χ1n) is 6.51. The highest BCUT2D eigenvalue weighted by atomic mass is 35.5. The van der Waals surface area contributed by atoms with E-state index in [2.05, 4.69) is 15.4 Å². The summed E-state index contributed by atoms with van der Waals surface area (Å²) in [5.41, 5.74) is -0.183. The van der Waals surface area contributed by atoms with E-state index in [-0.39, 0.29) is 36.0 Å². The lowest BCUT2D eigenvalue weighted by Gasteiger charge is -2.22. The molecule has 23 heavy (non-hydrogen) atoms. The second kappa shape index (κ2) is 8.42. The van der Waals surface area contributed by atoms with Crippen molar-refractivity contribution in [1.29, 1.82) is 0 Å². The fourth-order valence-electron chi connectivity index (χ4n) is 1.99. The van der Waals surface area contributed by atoms with Gasteiger partial charge in [0.25, 0.3) is 5.69 Å². The molecular formula is C13H16ClN3O6. The Morgan fingerprint density at radius 3 is 2.74 bits per heavy atom. The lowest BCUT2D eigenvalue weighted by atomic mass is 10.1. The van der Waals surface area contributed by atoms with Gasteiger partial charge in [0.15, 0.2) is 0 Å². The Balaban J connectivity index is 0.00000264. The molecule has 126 valence electrons. The van der Waals surface area contributed by atoms with Crippen LogP contribution in [0.2, 0.25) is 0 Å². The zero-order valence-corrected chi connectivity index (χ0v) is 13.1. The number of hydrogen-bond acceptors (Lipinski definition) is 7. The lowest BCUT2D eigenvalue weighted by molar-refractivity contribution is -0.384. The van der Waals surface area contributed by atoms with Crippen molar-refractivity contribution in [2.45, 2.75) is 6.04 Å². The average molecular weight is 346 g/mol. The predicted molar refractivity (Wildman–Crippen MR) is 82.9 cm³/mol. The maximum atomic E-state index is 12.1. The van der Waals surface area contributed by atoms with E-state index in [1.54, 1.807) is 0 Å².